The number of fused-ring (bicyclic) bond motifs is 1. The Bertz CT molecular complexity index is 929. The molecule has 25 heavy (non-hydrogen) atoms. The number of hydrogen-bond acceptors (Lipinski definition) is 5. The van der Waals surface area contributed by atoms with Crippen LogP contribution in [0.4, 0.5) is 5.69 Å². The fourth-order valence-electron chi connectivity index (χ4n) is 3.05. The second-order valence-electron chi connectivity index (χ2n) is 6.16. The molecule has 1 fully saturated rings. The van der Waals surface area contributed by atoms with Crippen LogP contribution in [0, 0.1) is 12.8 Å². The van der Waals surface area contributed by atoms with E-state index in [2.05, 4.69) is 10.3 Å². The summed E-state index contributed by atoms with van der Waals surface area (Å²) in [6.45, 7) is 2.55. The molecule has 0 aliphatic carbocycles. The molecule has 1 N–H and O–H groups in total. The second kappa shape index (κ2) is 6.08. The number of rotatable bonds is 4. The maximum absolute atomic E-state index is 12.5. The zero-order valence-corrected chi connectivity index (χ0v) is 13.7. The van der Waals surface area contributed by atoms with Gasteiger partial charge in [-0.15, -0.1) is 0 Å². The maximum atomic E-state index is 12.5. The van der Waals surface area contributed by atoms with Crippen molar-refractivity contribution in [1.82, 2.24) is 9.88 Å². The van der Waals surface area contributed by atoms with Gasteiger partial charge in [0.1, 0.15) is 11.3 Å². The molecule has 1 aliphatic heterocycles. The molecule has 0 unspecified atom stereocenters. The molecule has 7 heteroatoms. The zero-order valence-electron chi connectivity index (χ0n) is 13.7. The highest BCUT2D eigenvalue weighted by atomic mass is 16.3. The number of nitrogens with one attached hydrogen (secondary N) is 1. The number of benzene rings is 1. The van der Waals surface area contributed by atoms with Crippen molar-refractivity contribution in [3.63, 3.8) is 0 Å². The lowest BCUT2D eigenvalue weighted by Gasteiger charge is -2.15. The second-order valence-corrected chi connectivity index (χ2v) is 6.16. The van der Waals surface area contributed by atoms with Crippen LogP contribution < -0.4 is 5.32 Å². The predicted molar refractivity (Wildman–Crippen MR) is 89.6 cm³/mol. The van der Waals surface area contributed by atoms with Gasteiger partial charge in [0.05, 0.1) is 18.7 Å². The Morgan fingerprint density at radius 1 is 1.40 bits per heavy atom. The number of anilines is 1. The van der Waals surface area contributed by atoms with Crippen LogP contribution >= 0.6 is 0 Å². The molecule has 1 aliphatic rings. The Kier molecular flexibility index (Phi) is 3.76. The van der Waals surface area contributed by atoms with E-state index in [0.717, 1.165) is 5.52 Å². The maximum Gasteiger partial charge on any atom is 0.229 e. The van der Waals surface area contributed by atoms with E-state index in [1.807, 2.05) is 6.07 Å². The number of oxazole rings is 1. The van der Waals surface area contributed by atoms with E-state index in [9.17, 15) is 9.59 Å². The summed E-state index contributed by atoms with van der Waals surface area (Å²) in [6, 6.07) is 8.91. The molecule has 0 spiro atoms. The summed E-state index contributed by atoms with van der Waals surface area (Å²) in [4.78, 5) is 30.5. The van der Waals surface area contributed by atoms with Crippen molar-refractivity contribution in [3.05, 3.63) is 48.2 Å². The number of carbonyl (C=O) groups excluding carboxylic acids is 2. The number of amides is 2. The van der Waals surface area contributed by atoms with Crippen LogP contribution in [0.5, 0.6) is 0 Å². The number of carbonyl (C=O) groups is 2. The Hall–Kier alpha value is -3.09. The molecular weight excluding hydrogens is 322 g/mol. The number of nitrogens with zero attached hydrogens (tertiary/aromatic N) is 2. The third-order valence-electron chi connectivity index (χ3n) is 4.27. The summed E-state index contributed by atoms with van der Waals surface area (Å²) in [7, 11) is 0. The van der Waals surface area contributed by atoms with E-state index in [1.54, 1.807) is 42.4 Å². The van der Waals surface area contributed by atoms with Gasteiger partial charge >= 0.3 is 0 Å². The fourth-order valence-corrected chi connectivity index (χ4v) is 3.05. The highest BCUT2D eigenvalue weighted by Gasteiger charge is 2.34. The van der Waals surface area contributed by atoms with Gasteiger partial charge in [0, 0.05) is 31.6 Å². The smallest absolute Gasteiger partial charge is 0.229 e. The van der Waals surface area contributed by atoms with Crippen molar-refractivity contribution in [2.75, 3.05) is 11.9 Å². The van der Waals surface area contributed by atoms with E-state index in [1.165, 1.54) is 0 Å². The van der Waals surface area contributed by atoms with Gasteiger partial charge in [-0.05, 0) is 24.3 Å². The number of aryl methyl sites for hydroxylation is 1. The Labute approximate surface area is 143 Å². The average Bonchev–Trinajstić information content (AvgIpc) is 3.28. The van der Waals surface area contributed by atoms with Gasteiger partial charge in [0.2, 0.25) is 11.8 Å². The quantitative estimate of drug-likeness (QED) is 0.789. The van der Waals surface area contributed by atoms with E-state index in [4.69, 9.17) is 8.83 Å². The van der Waals surface area contributed by atoms with Crippen molar-refractivity contribution >= 4 is 28.6 Å². The molecule has 0 saturated carbocycles. The Balaban J connectivity index is 1.42. The normalized spacial score (nSPS) is 17.4. The summed E-state index contributed by atoms with van der Waals surface area (Å²) < 4.78 is 10.7. The number of likely N-dealkylation sites (tertiary alicyclic amines) is 1. The number of aromatic nitrogens is 1. The van der Waals surface area contributed by atoms with E-state index in [-0.39, 0.29) is 24.2 Å². The first-order valence-corrected chi connectivity index (χ1v) is 8.07. The molecule has 0 bridgehead atoms. The van der Waals surface area contributed by atoms with Crippen LogP contribution in [-0.2, 0) is 16.1 Å². The summed E-state index contributed by atoms with van der Waals surface area (Å²) in [5.41, 5.74) is 2.00. The minimum absolute atomic E-state index is 0.0436. The minimum atomic E-state index is -0.380. The van der Waals surface area contributed by atoms with Gasteiger partial charge in [-0.25, -0.2) is 4.98 Å². The molecule has 0 radical (unpaired) electrons. The third kappa shape index (κ3) is 3.13. The number of hydrogen-bond donors (Lipinski definition) is 1. The van der Waals surface area contributed by atoms with Crippen LogP contribution in [0.2, 0.25) is 0 Å². The van der Waals surface area contributed by atoms with E-state index in [0.29, 0.717) is 36.0 Å². The molecular formula is C18H17N3O4. The molecule has 3 aromatic rings. The van der Waals surface area contributed by atoms with Gasteiger partial charge in [0.15, 0.2) is 11.5 Å². The topological polar surface area (TPSA) is 88.6 Å². The van der Waals surface area contributed by atoms with Crippen molar-refractivity contribution in [1.29, 1.82) is 0 Å². The fraction of sp³-hybridized carbons (Fsp3) is 0.278. The summed E-state index contributed by atoms with van der Waals surface area (Å²) in [5.74, 6) is 0.687. The van der Waals surface area contributed by atoms with Crippen molar-refractivity contribution < 1.29 is 18.4 Å². The standard InChI is InChI=1S/C18H17N3O4/c1-11-19-15-5-4-13(8-16(15)25-11)20-18(23)12-7-17(22)21(9-12)10-14-3-2-6-24-14/h2-6,8,12H,7,9-10H2,1H3,(H,20,23)/t12-/m1/s1. The average molecular weight is 339 g/mol. The van der Waals surface area contributed by atoms with Gasteiger partial charge in [-0.2, -0.15) is 0 Å². The van der Waals surface area contributed by atoms with Gasteiger partial charge < -0.3 is 19.1 Å². The van der Waals surface area contributed by atoms with Crippen LogP contribution in [0.15, 0.2) is 45.4 Å². The first-order valence-electron chi connectivity index (χ1n) is 8.07. The van der Waals surface area contributed by atoms with Crippen LogP contribution in [-0.4, -0.2) is 28.2 Å². The van der Waals surface area contributed by atoms with E-state index >= 15 is 0 Å². The highest BCUT2D eigenvalue weighted by molar-refractivity contribution is 5.98. The minimum Gasteiger partial charge on any atom is -0.467 e. The lowest BCUT2D eigenvalue weighted by atomic mass is 10.1. The van der Waals surface area contributed by atoms with Crippen molar-refractivity contribution in [2.24, 2.45) is 5.92 Å². The van der Waals surface area contributed by atoms with Gasteiger partial charge in [0.25, 0.3) is 0 Å². The molecule has 4 rings (SSSR count). The predicted octanol–water partition coefficient (Wildman–Crippen LogP) is 2.72. The van der Waals surface area contributed by atoms with Gasteiger partial charge in [-0.1, -0.05) is 0 Å². The highest BCUT2D eigenvalue weighted by Crippen LogP contribution is 2.24. The largest absolute Gasteiger partial charge is 0.467 e. The monoisotopic (exact) mass is 339 g/mol. The summed E-state index contributed by atoms with van der Waals surface area (Å²) in [6.07, 6.45) is 1.78. The van der Waals surface area contributed by atoms with Crippen LogP contribution in [0.1, 0.15) is 18.1 Å². The molecule has 1 atom stereocenters. The first kappa shape index (κ1) is 15.4. The van der Waals surface area contributed by atoms with Crippen molar-refractivity contribution in [3.8, 4) is 0 Å². The molecule has 3 heterocycles. The first-order chi connectivity index (χ1) is 12.1. The summed E-state index contributed by atoms with van der Waals surface area (Å²) in [5, 5.41) is 2.86. The van der Waals surface area contributed by atoms with Gasteiger partial charge in [-0.3, -0.25) is 9.59 Å². The summed E-state index contributed by atoms with van der Waals surface area (Å²) >= 11 is 0. The molecule has 1 aromatic carbocycles. The Morgan fingerprint density at radius 2 is 2.28 bits per heavy atom. The lowest BCUT2D eigenvalue weighted by molar-refractivity contribution is -0.128. The lowest BCUT2D eigenvalue weighted by Crippen LogP contribution is -2.27. The molecule has 7 nitrogen and oxygen atoms in total. The SMILES string of the molecule is Cc1nc2ccc(NC(=O)[C@@H]3CC(=O)N(Cc4ccco4)C3)cc2o1. The van der Waals surface area contributed by atoms with Crippen LogP contribution in [0.25, 0.3) is 11.1 Å². The van der Waals surface area contributed by atoms with Crippen LogP contribution in [0.3, 0.4) is 0 Å². The number of furan rings is 1. The molecule has 2 amide bonds. The van der Waals surface area contributed by atoms with E-state index < -0.39 is 0 Å². The van der Waals surface area contributed by atoms with Crippen molar-refractivity contribution in [2.45, 2.75) is 19.9 Å². The Morgan fingerprint density at radius 3 is 3.08 bits per heavy atom. The molecule has 1 saturated heterocycles. The molecule has 128 valence electrons. The molecule has 2 aromatic heterocycles. The zero-order chi connectivity index (χ0) is 17.4. The third-order valence-corrected chi connectivity index (χ3v) is 4.27.